The summed E-state index contributed by atoms with van der Waals surface area (Å²) in [7, 11) is 0. The molecule has 166 valence electrons. The number of hydrogen-bond donors (Lipinski definition) is 2. The van der Waals surface area contributed by atoms with Gasteiger partial charge in [-0.25, -0.2) is 22.6 Å². The average Bonchev–Trinajstić information content (AvgIpc) is 3.18. The number of hydrogen-bond acceptors (Lipinski definition) is 5. The number of benzene rings is 2. The lowest BCUT2D eigenvalue weighted by Crippen LogP contribution is -2.35. The molecule has 0 radical (unpaired) electrons. The largest absolute Gasteiger partial charge is 0.452 e. The highest BCUT2D eigenvalue weighted by Gasteiger charge is 2.19. The molecule has 1 aromatic heterocycles. The Labute approximate surface area is 180 Å². The highest BCUT2D eigenvalue weighted by Crippen LogP contribution is 2.19. The molecule has 0 fully saturated rings. The zero-order valence-electron chi connectivity index (χ0n) is 16.7. The van der Waals surface area contributed by atoms with Gasteiger partial charge in [-0.15, -0.1) is 0 Å². The normalized spacial score (nSPS) is 10.5. The fourth-order valence-electron chi connectivity index (χ4n) is 2.70. The maximum atomic E-state index is 13.6. The van der Waals surface area contributed by atoms with E-state index in [9.17, 15) is 27.6 Å². The summed E-state index contributed by atoms with van der Waals surface area (Å²) in [4.78, 5) is 35.9. The van der Waals surface area contributed by atoms with Gasteiger partial charge in [0.1, 0.15) is 5.56 Å². The predicted molar refractivity (Wildman–Crippen MR) is 107 cm³/mol. The highest BCUT2D eigenvalue weighted by atomic mass is 19.2. The minimum Gasteiger partial charge on any atom is -0.452 e. The van der Waals surface area contributed by atoms with Gasteiger partial charge in [-0.2, -0.15) is 5.10 Å². The van der Waals surface area contributed by atoms with E-state index in [1.54, 1.807) is 23.7 Å². The predicted octanol–water partition coefficient (Wildman–Crippen LogP) is 2.51. The third-order valence-corrected chi connectivity index (χ3v) is 4.32. The van der Waals surface area contributed by atoms with E-state index in [2.05, 4.69) is 10.4 Å². The molecule has 32 heavy (non-hydrogen) atoms. The lowest BCUT2D eigenvalue weighted by molar-refractivity contribution is -0.126. The van der Waals surface area contributed by atoms with E-state index in [0.29, 0.717) is 11.8 Å². The van der Waals surface area contributed by atoms with Crippen molar-refractivity contribution in [3.8, 4) is 5.69 Å². The fraction of sp³-hybridized carbons (Fsp3) is 0.143. The van der Waals surface area contributed by atoms with E-state index in [0.717, 1.165) is 11.8 Å². The Kier molecular flexibility index (Phi) is 6.88. The van der Waals surface area contributed by atoms with Crippen LogP contribution in [0.25, 0.3) is 5.69 Å². The van der Waals surface area contributed by atoms with Crippen LogP contribution < -0.4 is 10.6 Å². The van der Waals surface area contributed by atoms with Gasteiger partial charge in [0.25, 0.3) is 5.91 Å². The number of nitrogens with zero attached hydrogens (tertiary/aromatic N) is 2. The van der Waals surface area contributed by atoms with Gasteiger partial charge in [0, 0.05) is 0 Å². The molecule has 1 heterocycles. The molecule has 2 amide bonds. The molecule has 0 aliphatic carbocycles. The van der Waals surface area contributed by atoms with E-state index >= 15 is 0 Å². The molecule has 0 saturated heterocycles. The second-order valence-electron chi connectivity index (χ2n) is 6.51. The molecule has 0 aliphatic rings. The number of para-hydroxylation sites is 1. The molecule has 3 aromatic rings. The third-order valence-electron chi connectivity index (χ3n) is 4.32. The Balaban J connectivity index is 1.49. The van der Waals surface area contributed by atoms with Crippen molar-refractivity contribution in [2.45, 2.75) is 6.92 Å². The first-order valence-corrected chi connectivity index (χ1v) is 9.25. The molecule has 0 spiro atoms. The van der Waals surface area contributed by atoms with E-state index in [-0.39, 0.29) is 5.56 Å². The Morgan fingerprint density at radius 2 is 1.72 bits per heavy atom. The first-order chi connectivity index (χ1) is 15.3. The lowest BCUT2D eigenvalue weighted by atomic mass is 10.2. The zero-order valence-corrected chi connectivity index (χ0v) is 16.7. The summed E-state index contributed by atoms with van der Waals surface area (Å²) in [6.07, 6.45) is 1.31. The van der Waals surface area contributed by atoms with E-state index in [1.165, 1.54) is 6.20 Å². The number of anilines is 1. The van der Waals surface area contributed by atoms with E-state index < -0.39 is 54.1 Å². The van der Waals surface area contributed by atoms with Crippen LogP contribution in [0.15, 0.2) is 48.7 Å². The third kappa shape index (κ3) is 5.12. The summed E-state index contributed by atoms with van der Waals surface area (Å²) in [6, 6.07) is 10.6. The number of carbonyl (C=O) groups is 3. The highest BCUT2D eigenvalue weighted by molar-refractivity contribution is 5.95. The van der Waals surface area contributed by atoms with Crippen LogP contribution >= 0.6 is 0 Å². The molecular weight excluding hydrogens is 429 g/mol. The molecule has 3 rings (SSSR count). The monoisotopic (exact) mass is 446 g/mol. The van der Waals surface area contributed by atoms with Crippen LogP contribution in [0.5, 0.6) is 0 Å². The second-order valence-corrected chi connectivity index (χ2v) is 6.51. The van der Waals surface area contributed by atoms with Crippen LogP contribution in [0.4, 0.5) is 18.9 Å². The number of rotatable bonds is 7. The van der Waals surface area contributed by atoms with Gasteiger partial charge in [0.05, 0.1) is 29.8 Å². The maximum absolute atomic E-state index is 13.6. The fourth-order valence-corrected chi connectivity index (χ4v) is 2.70. The van der Waals surface area contributed by atoms with Crippen molar-refractivity contribution < 1.29 is 32.3 Å². The van der Waals surface area contributed by atoms with Crippen molar-refractivity contribution in [1.29, 1.82) is 0 Å². The number of halogens is 3. The summed E-state index contributed by atoms with van der Waals surface area (Å²) in [5.74, 6) is -7.18. The van der Waals surface area contributed by atoms with Crippen molar-refractivity contribution in [2.75, 3.05) is 18.5 Å². The average molecular weight is 446 g/mol. The molecule has 11 heteroatoms. The van der Waals surface area contributed by atoms with Crippen LogP contribution in [0.1, 0.15) is 16.1 Å². The van der Waals surface area contributed by atoms with Gasteiger partial charge < -0.3 is 15.4 Å². The van der Waals surface area contributed by atoms with Crippen molar-refractivity contribution in [2.24, 2.45) is 0 Å². The van der Waals surface area contributed by atoms with Crippen LogP contribution in [0.3, 0.4) is 0 Å². The SMILES string of the molecule is Cc1c(C(=O)OCC(=O)NCC(=O)Nc2ccc(F)c(F)c2F)cnn1-c1ccccc1. The Bertz CT molecular complexity index is 1170. The molecule has 8 nitrogen and oxygen atoms in total. The molecule has 0 aliphatic heterocycles. The first-order valence-electron chi connectivity index (χ1n) is 9.25. The van der Waals surface area contributed by atoms with Crippen LogP contribution in [-0.2, 0) is 14.3 Å². The van der Waals surface area contributed by atoms with Crippen LogP contribution in [0.2, 0.25) is 0 Å². The first kappa shape index (κ1) is 22.5. The van der Waals surface area contributed by atoms with Gasteiger partial charge in [-0.05, 0) is 31.2 Å². The lowest BCUT2D eigenvalue weighted by Gasteiger charge is -2.09. The number of amides is 2. The summed E-state index contributed by atoms with van der Waals surface area (Å²) in [6.45, 7) is 0.375. The molecular formula is C21H17F3N4O4. The molecule has 2 aromatic carbocycles. The Morgan fingerprint density at radius 1 is 1.00 bits per heavy atom. The number of esters is 1. The second kappa shape index (κ2) is 9.77. The topological polar surface area (TPSA) is 102 Å². The van der Waals surface area contributed by atoms with E-state index in [4.69, 9.17) is 4.74 Å². The van der Waals surface area contributed by atoms with Crippen LogP contribution in [0, 0.1) is 24.4 Å². The quantitative estimate of drug-likeness (QED) is 0.429. The smallest absolute Gasteiger partial charge is 0.342 e. The van der Waals surface area contributed by atoms with Gasteiger partial charge in [0.2, 0.25) is 5.91 Å². The molecule has 0 saturated carbocycles. The number of nitrogens with one attached hydrogen (secondary N) is 2. The van der Waals surface area contributed by atoms with Gasteiger partial charge in [-0.1, -0.05) is 18.2 Å². The minimum absolute atomic E-state index is 0.160. The number of aromatic nitrogens is 2. The van der Waals surface area contributed by atoms with Crippen molar-refractivity contribution in [3.05, 3.63) is 77.4 Å². The van der Waals surface area contributed by atoms with Gasteiger partial charge in [0.15, 0.2) is 24.1 Å². The van der Waals surface area contributed by atoms with E-state index in [1.807, 2.05) is 23.5 Å². The van der Waals surface area contributed by atoms with Gasteiger partial charge >= 0.3 is 5.97 Å². The minimum atomic E-state index is -1.73. The van der Waals surface area contributed by atoms with Crippen LogP contribution in [-0.4, -0.2) is 40.7 Å². The molecule has 2 N–H and O–H groups in total. The Hall–Kier alpha value is -4.15. The molecule has 0 unspecified atom stereocenters. The Morgan fingerprint density at radius 3 is 2.44 bits per heavy atom. The molecule has 0 atom stereocenters. The molecule has 0 bridgehead atoms. The standard InChI is InChI=1S/C21H17F3N4O4/c1-12-14(9-26-28(12)13-5-3-2-4-6-13)21(31)32-11-18(30)25-10-17(29)27-16-8-7-15(22)19(23)20(16)24/h2-9H,10-11H2,1H3,(H,25,30)(H,27,29). The number of carbonyl (C=O) groups excluding carboxylic acids is 3. The summed E-state index contributed by atoms with van der Waals surface area (Å²) in [5.41, 5.74) is 0.827. The number of ether oxygens (including phenoxy) is 1. The summed E-state index contributed by atoms with van der Waals surface area (Å²) in [5, 5.41) is 8.29. The van der Waals surface area contributed by atoms with Crippen molar-refractivity contribution in [3.63, 3.8) is 0 Å². The summed E-state index contributed by atoms with van der Waals surface area (Å²) < 4.78 is 46.1. The van der Waals surface area contributed by atoms with Gasteiger partial charge in [-0.3, -0.25) is 9.59 Å². The summed E-state index contributed by atoms with van der Waals surface area (Å²) >= 11 is 0. The van der Waals surface area contributed by atoms with Crippen molar-refractivity contribution in [1.82, 2.24) is 15.1 Å². The van der Waals surface area contributed by atoms with Crippen molar-refractivity contribution >= 4 is 23.5 Å². The zero-order chi connectivity index (χ0) is 23.3. The maximum Gasteiger partial charge on any atom is 0.342 e.